The maximum atomic E-state index is 12.4. The Bertz CT molecular complexity index is 639. The number of sulfonamides is 1. The summed E-state index contributed by atoms with van der Waals surface area (Å²) in [4.78, 5) is 2.75. The van der Waals surface area contributed by atoms with E-state index >= 15 is 0 Å². The number of nitrogens with one attached hydrogen (secondary N) is 1. The van der Waals surface area contributed by atoms with Crippen molar-refractivity contribution in [3.8, 4) is 0 Å². The van der Waals surface area contributed by atoms with Crippen molar-refractivity contribution in [3.05, 3.63) is 42.5 Å². The fourth-order valence-electron chi connectivity index (χ4n) is 3.67. The molecular formula is C17H24N2O2S. The molecule has 0 radical (unpaired) electrons. The lowest BCUT2D eigenvalue weighted by Crippen LogP contribution is -2.56. The van der Waals surface area contributed by atoms with Crippen molar-refractivity contribution in [3.63, 3.8) is 0 Å². The van der Waals surface area contributed by atoms with Crippen LogP contribution < -0.4 is 4.72 Å². The third-order valence-electron chi connectivity index (χ3n) is 5.07. The summed E-state index contributed by atoms with van der Waals surface area (Å²) < 4.78 is 27.5. The Morgan fingerprint density at radius 3 is 2.68 bits per heavy atom. The number of aryl methyl sites for hydroxylation is 1. The van der Waals surface area contributed by atoms with E-state index in [9.17, 15) is 8.42 Å². The van der Waals surface area contributed by atoms with Gasteiger partial charge in [-0.2, -0.15) is 0 Å². The monoisotopic (exact) mass is 320 g/mol. The zero-order chi connectivity index (χ0) is 15.7. The molecule has 3 aliphatic rings. The van der Waals surface area contributed by atoms with Crippen molar-refractivity contribution in [2.45, 2.75) is 30.7 Å². The van der Waals surface area contributed by atoms with Gasteiger partial charge in [0.25, 0.3) is 0 Å². The molecule has 5 heteroatoms. The third-order valence-corrected chi connectivity index (χ3v) is 6.51. The summed E-state index contributed by atoms with van der Waals surface area (Å²) in [6, 6.07) is 7.30. The molecule has 3 saturated heterocycles. The normalized spacial score (nSPS) is 31.1. The van der Waals surface area contributed by atoms with Gasteiger partial charge in [0.15, 0.2) is 0 Å². The molecule has 0 aliphatic carbocycles. The van der Waals surface area contributed by atoms with Gasteiger partial charge >= 0.3 is 0 Å². The molecule has 4 atom stereocenters. The predicted octanol–water partition coefficient (Wildman–Crippen LogP) is 2.17. The van der Waals surface area contributed by atoms with Crippen molar-refractivity contribution in [2.75, 3.05) is 19.6 Å². The molecule has 3 fully saturated rings. The van der Waals surface area contributed by atoms with E-state index in [-0.39, 0.29) is 0 Å². The zero-order valence-corrected chi connectivity index (χ0v) is 13.8. The van der Waals surface area contributed by atoms with Gasteiger partial charge in [-0.1, -0.05) is 23.8 Å². The topological polar surface area (TPSA) is 49.4 Å². The first-order valence-electron chi connectivity index (χ1n) is 7.92. The standard InChI is InChI=1S/C17H24N2O2S/c1-3-14-12-19-9-8-15(14)10-16(19)11-18-22(20,21)17-6-4-13(2)5-7-17/h3-7,14-16,18H,1,8-12H2,2H3. The van der Waals surface area contributed by atoms with Gasteiger partial charge in [0, 0.05) is 19.1 Å². The number of hydrogen-bond donors (Lipinski definition) is 1. The number of rotatable bonds is 5. The van der Waals surface area contributed by atoms with Gasteiger partial charge in [-0.25, -0.2) is 13.1 Å². The average molecular weight is 320 g/mol. The van der Waals surface area contributed by atoms with Crippen LogP contribution in [0.2, 0.25) is 0 Å². The first-order valence-corrected chi connectivity index (χ1v) is 9.41. The second-order valence-corrected chi connectivity index (χ2v) is 8.26. The van der Waals surface area contributed by atoms with Gasteiger partial charge in [-0.3, -0.25) is 4.90 Å². The Morgan fingerprint density at radius 2 is 2.09 bits per heavy atom. The second kappa shape index (κ2) is 6.14. The fraction of sp³-hybridized carbons (Fsp3) is 0.529. The molecule has 3 heterocycles. The highest BCUT2D eigenvalue weighted by molar-refractivity contribution is 7.89. The molecule has 0 saturated carbocycles. The molecule has 0 spiro atoms. The van der Waals surface area contributed by atoms with E-state index in [1.54, 1.807) is 12.1 Å². The van der Waals surface area contributed by atoms with Crippen molar-refractivity contribution in [2.24, 2.45) is 11.8 Å². The van der Waals surface area contributed by atoms with E-state index in [0.29, 0.717) is 29.3 Å². The van der Waals surface area contributed by atoms with Crippen LogP contribution in [0.4, 0.5) is 0 Å². The molecule has 0 amide bonds. The van der Waals surface area contributed by atoms with Gasteiger partial charge in [0.2, 0.25) is 10.0 Å². The largest absolute Gasteiger partial charge is 0.298 e. The summed E-state index contributed by atoms with van der Waals surface area (Å²) in [5.74, 6) is 1.23. The highest BCUT2D eigenvalue weighted by atomic mass is 32.2. The molecular weight excluding hydrogens is 296 g/mol. The third kappa shape index (κ3) is 3.12. The van der Waals surface area contributed by atoms with Crippen LogP contribution in [-0.4, -0.2) is 39.0 Å². The summed E-state index contributed by atoms with van der Waals surface area (Å²) >= 11 is 0. The predicted molar refractivity (Wildman–Crippen MR) is 88.1 cm³/mol. The molecule has 0 aromatic heterocycles. The molecule has 1 aromatic rings. The molecule has 4 rings (SSSR count). The van der Waals surface area contributed by atoms with E-state index in [1.165, 1.54) is 6.42 Å². The lowest BCUT2D eigenvalue weighted by Gasteiger charge is -2.49. The van der Waals surface area contributed by atoms with E-state index < -0.39 is 10.0 Å². The fourth-order valence-corrected chi connectivity index (χ4v) is 4.74. The molecule has 2 bridgehead atoms. The summed E-state index contributed by atoms with van der Waals surface area (Å²) in [7, 11) is -3.41. The maximum absolute atomic E-state index is 12.4. The Kier molecular flexibility index (Phi) is 4.39. The molecule has 120 valence electrons. The minimum absolute atomic E-state index is 0.315. The van der Waals surface area contributed by atoms with Crippen LogP contribution in [0, 0.1) is 18.8 Å². The van der Waals surface area contributed by atoms with Crippen LogP contribution in [0.5, 0.6) is 0 Å². The van der Waals surface area contributed by atoms with Crippen molar-refractivity contribution >= 4 is 10.0 Å². The Balaban J connectivity index is 1.63. The number of benzene rings is 1. The molecule has 4 nitrogen and oxygen atoms in total. The summed E-state index contributed by atoms with van der Waals surface area (Å²) in [6.45, 7) is 8.46. The maximum Gasteiger partial charge on any atom is 0.240 e. The average Bonchev–Trinajstić information content (AvgIpc) is 2.54. The lowest BCUT2D eigenvalue weighted by molar-refractivity contribution is 0.0218. The SMILES string of the molecule is C=CC1CN2CCC1CC2CNS(=O)(=O)c1ccc(C)cc1. The summed E-state index contributed by atoms with van der Waals surface area (Å²) in [6.07, 6.45) is 4.33. The van der Waals surface area contributed by atoms with Gasteiger partial charge in [-0.05, 0) is 50.3 Å². The molecule has 3 aliphatic heterocycles. The summed E-state index contributed by atoms with van der Waals surface area (Å²) in [5.41, 5.74) is 1.06. The quantitative estimate of drug-likeness (QED) is 0.846. The number of nitrogens with zero attached hydrogens (tertiary/aromatic N) is 1. The molecule has 1 N–H and O–H groups in total. The second-order valence-electron chi connectivity index (χ2n) is 6.50. The highest BCUT2D eigenvalue weighted by Crippen LogP contribution is 2.36. The highest BCUT2D eigenvalue weighted by Gasteiger charge is 2.38. The molecule has 1 aromatic carbocycles. The van der Waals surface area contributed by atoms with Crippen LogP contribution >= 0.6 is 0 Å². The van der Waals surface area contributed by atoms with Crippen molar-refractivity contribution in [1.29, 1.82) is 0 Å². The van der Waals surface area contributed by atoms with Crippen molar-refractivity contribution < 1.29 is 8.42 Å². The lowest BCUT2D eigenvalue weighted by atomic mass is 9.76. The molecule has 4 unspecified atom stereocenters. The van der Waals surface area contributed by atoms with Crippen LogP contribution in [0.1, 0.15) is 18.4 Å². The van der Waals surface area contributed by atoms with Crippen LogP contribution in [0.25, 0.3) is 0 Å². The first kappa shape index (κ1) is 15.7. The van der Waals surface area contributed by atoms with Gasteiger partial charge in [-0.15, -0.1) is 6.58 Å². The number of hydrogen-bond acceptors (Lipinski definition) is 3. The Morgan fingerprint density at radius 1 is 1.36 bits per heavy atom. The van der Waals surface area contributed by atoms with Crippen LogP contribution in [-0.2, 0) is 10.0 Å². The first-order chi connectivity index (χ1) is 10.5. The van der Waals surface area contributed by atoms with Crippen LogP contribution in [0.15, 0.2) is 41.8 Å². The van der Waals surface area contributed by atoms with E-state index in [1.807, 2.05) is 19.1 Å². The summed E-state index contributed by atoms with van der Waals surface area (Å²) in [5, 5.41) is 0. The van der Waals surface area contributed by atoms with Gasteiger partial charge < -0.3 is 0 Å². The van der Waals surface area contributed by atoms with Crippen LogP contribution in [0.3, 0.4) is 0 Å². The van der Waals surface area contributed by atoms with Gasteiger partial charge in [0.05, 0.1) is 4.90 Å². The minimum atomic E-state index is -3.41. The van der Waals surface area contributed by atoms with Gasteiger partial charge in [0.1, 0.15) is 0 Å². The Labute approximate surface area is 133 Å². The zero-order valence-electron chi connectivity index (χ0n) is 13.0. The number of piperidine rings is 3. The van der Waals surface area contributed by atoms with E-state index in [0.717, 1.165) is 25.1 Å². The van der Waals surface area contributed by atoms with E-state index in [4.69, 9.17) is 0 Å². The van der Waals surface area contributed by atoms with E-state index in [2.05, 4.69) is 22.3 Å². The van der Waals surface area contributed by atoms with Crippen molar-refractivity contribution in [1.82, 2.24) is 9.62 Å². The number of fused-ring (bicyclic) bond motifs is 3. The smallest absolute Gasteiger partial charge is 0.240 e. The minimum Gasteiger partial charge on any atom is -0.298 e. The molecule has 22 heavy (non-hydrogen) atoms. The Hall–Kier alpha value is -1.17.